The Morgan fingerprint density at radius 3 is 2.42 bits per heavy atom. The van der Waals surface area contributed by atoms with Crippen molar-refractivity contribution in [3.8, 4) is 0 Å². The summed E-state index contributed by atoms with van der Waals surface area (Å²) in [6.45, 7) is 4.23. The molecular formula is C14H22N4O6. The predicted octanol–water partition coefficient (Wildman–Crippen LogP) is -0.593. The second kappa shape index (κ2) is 8.29. The SMILES string of the molecule is CC(C)(C)OC(=O)N[C@@H](Cc1cnc[nH]1)C(=O)N[C@H](CO)C(=O)O. The Morgan fingerprint density at radius 1 is 1.29 bits per heavy atom. The topological polar surface area (TPSA) is 154 Å². The minimum absolute atomic E-state index is 0.0445. The largest absolute Gasteiger partial charge is 0.480 e. The molecule has 0 saturated carbocycles. The number of aliphatic hydroxyl groups is 1. The van der Waals surface area contributed by atoms with E-state index < -0.39 is 42.3 Å². The Hall–Kier alpha value is -2.62. The first kappa shape index (κ1) is 19.4. The van der Waals surface area contributed by atoms with E-state index in [1.807, 2.05) is 0 Å². The standard InChI is InChI=1S/C14H22N4O6/c1-14(2,3)24-13(23)18-9(4-8-5-15-7-16-8)11(20)17-10(6-19)12(21)22/h5,7,9-10,19H,4,6H2,1-3H3,(H,15,16)(H,17,20)(H,18,23)(H,21,22)/t9-,10+/m0/s1. The number of hydrogen-bond acceptors (Lipinski definition) is 6. The Morgan fingerprint density at radius 2 is 1.96 bits per heavy atom. The molecule has 10 nitrogen and oxygen atoms in total. The van der Waals surface area contributed by atoms with Crippen molar-refractivity contribution in [1.82, 2.24) is 20.6 Å². The van der Waals surface area contributed by atoms with E-state index in [0.29, 0.717) is 5.69 Å². The number of aliphatic hydroxyl groups excluding tert-OH is 1. The molecule has 0 aliphatic carbocycles. The summed E-state index contributed by atoms with van der Waals surface area (Å²) in [5.74, 6) is -2.15. The van der Waals surface area contributed by atoms with E-state index in [0.717, 1.165) is 0 Å². The first-order valence-electron chi connectivity index (χ1n) is 7.23. The van der Waals surface area contributed by atoms with Crippen molar-refractivity contribution >= 4 is 18.0 Å². The number of hydrogen-bond donors (Lipinski definition) is 5. The fourth-order valence-electron chi connectivity index (χ4n) is 1.73. The van der Waals surface area contributed by atoms with E-state index in [4.69, 9.17) is 14.9 Å². The fraction of sp³-hybridized carbons (Fsp3) is 0.571. The number of carboxylic acid groups (broad SMARTS) is 1. The normalized spacial score (nSPS) is 13.7. The molecule has 134 valence electrons. The number of H-pyrrole nitrogens is 1. The number of aliphatic carboxylic acids is 1. The maximum Gasteiger partial charge on any atom is 0.408 e. The number of nitrogens with one attached hydrogen (secondary N) is 3. The lowest BCUT2D eigenvalue weighted by atomic mass is 10.1. The van der Waals surface area contributed by atoms with Crippen molar-refractivity contribution in [1.29, 1.82) is 0 Å². The molecule has 0 aliphatic rings. The summed E-state index contributed by atoms with van der Waals surface area (Å²) in [6, 6.07) is -2.57. The van der Waals surface area contributed by atoms with Gasteiger partial charge in [-0.2, -0.15) is 0 Å². The molecule has 0 aliphatic heterocycles. The van der Waals surface area contributed by atoms with Crippen molar-refractivity contribution in [2.24, 2.45) is 0 Å². The van der Waals surface area contributed by atoms with Crippen LogP contribution in [0.2, 0.25) is 0 Å². The highest BCUT2D eigenvalue weighted by Gasteiger charge is 2.28. The van der Waals surface area contributed by atoms with E-state index in [1.54, 1.807) is 20.8 Å². The Labute approximate surface area is 138 Å². The van der Waals surface area contributed by atoms with Crippen LogP contribution in [0, 0.1) is 0 Å². The lowest BCUT2D eigenvalue weighted by Crippen LogP contribution is -2.54. The Bertz CT molecular complexity index is 566. The van der Waals surface area contributed by atoms with Crippen LogP contribution in [-0.2, 0) is 20.7 Å². The van der Waals surface area contributed by atoms with Gasteiger partial charge in [0, 0.05) is 18.3 Å². The average Bonchev–Trinajstić information content (AvgIpc) is 2.94. The third-order valence-corrected chi connectivity index (χ3v) is 2.78. The molecule has 0 aromatic carbocycles. The van der Waals surface area contributed by atoms with Crippen LogP contribution in [0.25, 0.3) is 0 Å². The van der Waals surface area contributed by atoms with Gasteiger partial charge in [0.1, 0.15) is 17.7 Å². The first-order chi connectivity index (χ1) is 11.1. The summed E-state index contributed by atoms with van der Waals surface area (Å²) in [6.07, 6.45) is 2.10. The lowest BCUT2D eigenvalue weighted by Gasteiger charge is -2.24. The number of rotatable bonds is 7. The van der Waals surface area contributed by atoms with Crippen LogP contribution in [0.3, 0.4) is 0 Å². The van der Waals surface area contributed by atoms with E-state index in [2.05, 4.69) is 20.6 Å². The number of aromatic amines is 1. The van der Waals surface area contributed by atoms with Crippen LogP contribution < -0.4 is 10.6 Å². The highest BCUT2D eigenvalue weighted by Crippen LogP contribution is 2.08. The molecule has 0 fully saturated rings. The monoisotopic (exact) mass is 342 g/mol. The van der Waals surface area contributed by atoms with Crippen molar-refractivity contribution < 1.29 is 29.3 Å². The quantitative estimate of drug-likeness (QED) is 0.443. The highest BCUT2D eigenvalue weighted by atomic mass is 16.6. The molecule has 24 heavy (non-hydrogen) atoms. The zero-order chi connectivity index (χ0) is 18.3. The molecule has 0 radical (unpaired) electrons. The van der Waals surface area contributed by atoms with E-state index in [9.17, 15) is 14.4 Å². The number of carbonyl (C=O) groups excluding carboxylic acids is 2. The molecule has 0 spiro atoms. The number of ether oxygens (including phenoxy) is 1. The summed E-state index contributed by atoms with van der Waals surface area (Å²) in [5.41, 5.74) is -0.199. The van der Waals surface area contributed by atoms with Gasteiger partial charge in [-0.05, 0) is 20.8 Å². The van der Waals surface area contributed by atoms with E-state index in [-0.39, 0.29) is 6.42 Å². The lowest BCUT2D eigenvalue weighted by molar-refractivity contribution is -0.143. The van der Waals surface area contributed by atoms with Crippen LogP contribution in [0.5, 0.6) is 0 Å². The van der Waals surface area contributed by atoms with Gasteiger partial charge >= 0.3 is 12.1 Å². The Kier molecular flexibility index (Phi) is 6.71. The molecule has 1 heterocycles. The van der Waals surface area contributed by atoms with E-state index in [1.165, 1.54) is 12.5 Å². The maximum absolute atomic E-state index is 12.3. The molecule has 2 atom stereocenters. The van der Waals surface area contributed by atoms with Gasteiger partial charge in [-0.25, -0.2) is 14.6 Å². The molecule has 10 heteroatoms. The van der Waals surface area contributed by atoms with E-state index >= 15 is 0 Å². The van der Waals surface area contributed by atoms with Crippen LogP contribution in [0.15, 0.2) is 12.5 Å². The first-order valence-corrected chi connectivity index (χ1v) is 7.23. The number of aromatic nitrogens is 2. The highest BCUT2D eigenvalue weighted by molar-refractivity contribution is 5.89. The number of imidazole rings is 1. The molecule has 1 aromatic heterocycles. The van der Waals surface area contributed by atoms with Gasteiger partial charge < -0.3 is 30.6 Å². The number of carboxylic acids is 1. The predicted molar refractivity (Wildman–Crippen MR) is 82.1 cm³/mol. The minimum atomic E-state index is -1.47. The second-order valence-corrected chi connectivity index (χ2v) is 6.06. The zero-order valence-electron chi connectivity index (χ0n) is 13.7. The molecule has 1 rings (SSSR count). The summed E-state index contributed by atoms with van der Waals surface area (Å²) in [7, 11) is 0. The van der Waals surface area contributed by atoms with Gasteiger partial charge in [0.05, 0.1) is 12.9 Å². The van der Waals surface area contributed by atoms with Crippen LogP contribution in [0.1, 0.15) is 26.5 Å². The second-order valence-electron chi connectivity index (χ2n) is 6.06. The van der Waals surface area contributed by atoms with Gasteiger partial charge in [0.15, 0.2) is 0 Å². The molecule has 5 N–H and O–H groups in total. The number of nitrogens with zero attached hydrogens (tertiary/aromatic N) is 1. The van der Waals surface area contributed by atoms with Gasteiger partial charge in [-0.15, -0.1) is 0 Å². The van der Waals surface area contributed by atoms with Crippen molar-refractivity contribution in [3.63, 3.8) is 0 Å². The maximum atomic E-state index is 12.3. The van der Waals surface area contributed by atoms with Gasteiger partial charge in [0.25, 0.3) is 0 Å². The minimum Gasteiger partial charge on any atom is -0.480 e. The van der Waals surface area contributed by atoms with Crippen molar-refractivity contribution in [2.75, 3.05) is 6.61 Å². The summed E-state index contributed by atoms with van der Waals surface area (Å²) in [4.78, 5) is 41.7. The average molecular weight is 342 g/mol. The molecule has 2 amide bonds. The number of alkyl carbamates (subject to hydrolysis) is 1. The molecule has 0 bridgehead atoms. The zero-order valence-corrected chi connectivity index (χ0v) is 13.7. The van der Waals surface area contributed by atoms with Crippen LogP contribution in [-0.4, -0.2) is 62.4 Å². The van der Waals surface area contributed by atoms with Crippen molar-refractivity contribution in [2.45, 2.75) is 44.9 Å². The smallest absolute Gasteiger partial charge is 0.408 e. The van der Waals surface area contributed by atoms with Crippen LogP contribution >= 0.6 is 0 Å². The molecular weight excluding hydrogens is 320 g/mol. The molecule has 1 aromatic rings. The summed E-state index contributed by atoms with van der Waals surface area (Å²) in [5, 5.41) is 22.4. The van der Waals surface area contributed by atoms with Gasteiger partial charge in [-0.3, -0.25) is 4.79 Å². The van der Waals surface area contributed by atoms with Gasteiger partial charge in [-0.1, -0.05) is 0 Å². The number of amides is 2. The molecule has 0 unspecified atom stereocenters. The number of carbonyl (C=O) groups is 3. The van der Waals surface area contributed by atoms with Crippen molar-refractivity contribution in [3.05, 3.63) is 18.2 Å². The fourth-order valence-corrected chi connectivity index (χ4v) is 1.73. The van der Waals surface area contributed by atoms with Gasteiger partial charge in [0.2, 0.25) is 5.91 Å². The third-order valence-electron chi connectivity index (χ3n) is 2.78. The summed E-state index contributed by atoms with van der Waals surface area (Å²) < 4.78 is 5.09. The molecule has 0 saturated heterocycles. The summed E-state index contributed by atoms with van der Waals surface area (Å²) >= 11 is 0. The Balaban J connectivity index is 2.82. The third kappa shape index (κ3) is 6.65. The van der Waals surface area contributed by atoms with Crippen LogP contribution in [0.4, 0.5) is 4.79 Å².